The third-order valence-corrected chi connectivity index (χ3v) is 3.52. The van der Waals surface area contributed by atoms with E-state index in [1.165, 1.54) is 24.3 Å². The van der Waals surface area contributed by atoms with Gasteiger partial charge in [0.15, 0.2) is 5.82 Å². The first kappa shape index (κ1) is 18.4. The number of hydrogen-bond acceptors (Lipinski definition) is 4. The number of nitrogens with one attached hydrogen (secondary N) is 3. The first-order valence-electron chi connectivity index (χ1n) is 7.97. The van der Waals surface area contributed by atoms with E-state index in [0.29, 0.717) is 17.9 Å². The van der Waals surface area contributed by atoms with Gasteiger partial charge in [-0.15, -0.1) is 10.2 Å². The van der Waals surface area contributed by atoms with Gasteiger partial charge < -0.3 is 20.5 Å². The molecule has 25 heavy (non-hydrogen) atoms. The van der Waals surface area contributed by atoms with Crippen LogP contribution in [0.3, 0.4) is 0 Å². The van der Waals surface area contributed by atoms with Crippen LogP contribution in [0.15, 0.2) is 30.6 Å². The number of hydrogen-bond donors (Lipinski definition) is 3. The molecule has 9 heteroatoms. The molecule has 0 spiro atoms. The Morgan fingerprint density at radius 2 is 1.88 bits per heavy atom. The van der Waals surface area contributed by atoms with Crippen molar-refractivity contribution in [2.45, 2.75) is 26.4 Å². The number of nitrogens with zero attached hydrogens (tertiary/aromatic N) is 3. The quantitative estimate of drug-likeness (QED) is 0.655. The molecule has 8 nitrogen and oxygen atoms in total. The van der Waals surface area contributed by atoms with E-state index >= 15 is 0 Å². The lowest BCUT2D eigenvalue weighted by molar-refractivity contribution is 0.0953. The van der Waals surface area contributed by atoms with Crippen LogP contribution in [-0.2, 0) is 6.54 Å². The van der Waals surface area contributed by atoms with Crippen LogP contribution in [0.4, 0.5) is 9.18 Å². The van der Waals surface area contributed by atoms with Crippen molar-refractivity contribution in [1.82, 2.24) is 30.7 Å². The standard InChI is InChI=1S/C16H21FN6O2/c1-3-23-10-20-22-14(23)11(2)21-16(25)19-9-8-18-15(24)12-4-6-13(17)7-5-12/h4-7,10-11H,3,8-9H2,1-2H3,(H,18,24)(H2,19,21,25). The number of benzene rings is 1. The van der Waals surface area contributed by atoms with Crippen LogP contribution in [0.25, 0.3) is 0 Å². The number of aromatic nitrogens is 3. The van der Waals surface area contributed by atoms with Crippen molar-refractivity contribution in [3.05, 3.63) is 47.8 Å². The van der Waals surface area contributed by atoms with Gasteiger partial charge in [-0.2, -0.15) is 0 Å². The summed E-state index contributed by atoms with van der Waals surface area (Å²) >= 11 is 0. The van der Waals surface area contributed by atoms with Crippen LogP contribution in [0.1, 0.15) is 36.1 Å². The summed E-state index contributed by atoms with van der Waals surface area (Å²) in [5.41, 5.74) is 0.360. The van der Waals surface area contributed by atoms with Crippen LogP contribution in [0, 0.1) is 5.82 Å². The molecule has 0 fully saturated rings. The molecule has 1 aromatic carbocycles. The Labute approximate surface area is 144 Å². The van der Waals surface area contributed by atoms with E-state index in [0.717, 1.165) is 0 Å². The monoisotopic (exact) mass is 348 g/mol. The number of amides is 3. The lowest BCUT2D eigenvalue weighted by Crippen LogP contribution is -2.41. The fourth-order valence-corrected chi connectivity index (χ4v) is 2.21. The Hall–Kier alpha value is -2.97. The van der Waals surface area contributed by atoms with E-state index in [1.807, 2.05) is 18.4 Å². The summed E-state index contributed by atoms with van der Waals surface area (Å²) in [5.74, 6) is -0.0585. The predicted octanol–water partition coefficient (Wildman–Crippen LogP) is 1.23. The van der Waals surface area contributed by atoms with Crippen molar-refractivity contribution in [2.75, 3.05) is 13.1 Å². The molecule has 0 radical (unpaired) electrons. The van der Waals surface area contributed by atoms with Crippen molar-refractivity contribution in [2.24, 2.45) is 0 Å². The van der Waals surface area contributed by atoms with Crippen LogP contribution < -0.4 is 16.0 Å². The minimum Gasteiger partial charge on any atom is -0.350 e. The third kappa shape index (κ3) is 5.27. The zero-order chi connectivity index (χ0) is 18.2. The van der Waals surface area contributed by atoms with Crippen molar-refractivity contribution < 1.29 is 14.0 Å². The Bertz CT molecular complexity index is 716. The summed E-state index contributed by atoms with van der Waals surface area (Å²) in [7, 11) is 0. The molecule has 0 aliphatic rings. The van der Waals surface area contributed by atoms with Gasteiger partial charge in [0, 0.05) is 25.2 Å². The fraction of sp³-hybridized carbons (Fsp3) is 0.375. The molecule has 1 unspecified atom stereocenters. The summed E-state index contributed by atoms with van der Waals surface area (Å²) < 4.78 is 14.6. The minimum atomic E-state index is -0.400. The van der Waals surface area contributed by atoms with E-state index in [4.69, 9.17) is 0 Å². The van der Waals surface area contributed by atoms with E-state index in [1.54, 1.807) is 6.33 Å². The largest absolute Gasteiger partial charge is 0.350 e. The van der Waals surface area contributed by atoms with E-state index in [9.17, 15) is 14.0 Å². The van der Waals surface area contributed by atoms with Gasteiger partial charge >= 0.3 is 6.03 Å². The highest BCUT2D eigenvalue weighted by Crippen LogP contribution is 2.08. The summed E-state index contributed by atoms with van der Waals surface area (Å²) in [6.45, 7) is 5.00. The van der Waals surface area contributed by atoms with Crippen molar-refractivity contribution in [1.29, 1.82) is 0 Å². The van der Waals surface area contributed by atoms with Gasteiger partial charge in [0.05, 0.1) is 6.04 Å². The molecular formula is C16H21FN6O2. The van der Waals surface area contributed by atoms with Gasteiger partial charge in [0.25, 0.3) is 5.91 Å². The second-order valence-electron chi connectivity index (χ2n) is 5.36. The lowest BCUT2D eigenvalue weighted by atomic mass is 10.2. The second-order valence-corrected chi connectivity index (χ2v) is 5.36. The molecule has 0 saturated heterocycles. The van der Waals surface area contributed by atoms with Crippen LogP contribution in [0.2, 0.25) is 0 Å². The maximum absolute atomic E-state index is 12.8. The zero-order valence-corrected chi connectivity index (χ0v) is 14.1. The number of urea groups is 1. The van der Waals surface area contributed by atoms with Crippen molar-refractivity contribution in [3.63, 3.8) is 0 Å². The smallest absolute Gasteiger partial charge is 0.315 e. The van der Waals surface area contributed by atoms with Crippen molar-refractivity contribution in [3.8, 4) is 0 Å². The van der Waals surface area contributed by atoms with E-state index < -0.39 is 5.82 Å². The lowest BCUT2D eigenvalue weighted by Gasteiger charge is -2.14. The Morgan fingerprint density at radius 1 is 1.20 bits per heavy atom. The van der Waals surface area contributed by atoms with Crippen LogP contribution in [0.5, 0.6) is 0 Å². The highest BCUT2D eigenvalue weighted by molar-refractivity contribution is 5.94. The molecule has 0 aliphatic heterocycles. The Kier molecular flexibility index (Phi) is 6.44. The van der Waals surface area contributed by atoms with E-state index in [-0.39, 0.29) is 31.1 Å². The Balaban J connectivity index is 1.70. The molecule has 2 rings (SSSR count). The number of aryl methyl sites for hydroxylation is 1. The maximum atomic E-state index is 12.8. The molecule has 3 N–H and O–H groups in total. The van der Waals surface area contributed by atoms with Crippen molar-refractivity contribution >= 4 is 11.9 Å². The van der Waals surface area contributed by atoms with Gasteiger partial charge in [-0.1, -0.05) is 0 Å². The molecule has 0 bridgehead atoms. The zero-order valence-electron chi connectivity index (χ0n) is 14.1. The number of halogens is 1. The average Bonchev–Trinajstić information content (AvgIpc) is 3.08. The highest BCUT2D eigenvalue weighted by atomic mass is 19.1. The van der Waals surface area contributed by atoms with Crippen LogP contribution in [-0.4, -0.2) is 39.8 Å². The summed E-state index contributed by atoms with van der Waals surface area (Å²) in [4.78, 5) is 23.7. The molecule has 0 saturated carbocycles. The number of carbonyl (C=O) groups excluding carboxylic acids is 2. The molecule has 1 atom stereocenters. The van der Waals surface area contributed by atoms with Gasteiger partial charge in [-0.3, -0.25) is 4.79 Å². The van der Waals surface area contributed by atoms with Crippen LogP contribution >= 0.6 is 0 Å². The number of rotatable bonds is 7. The molecule has 1 heterocycles. The van der Waals surface area contributed by atoms with Gasteiger partial charge in [0.2, 0.25) is 0 Å². The summed E-state index contributed by atoms with van der Waals surface area (Å²) in [5, 5.41) is 15.9. The summed E-state index contributed by atoms with van der Waals surface area (Å²) in [6, 6.07) is 4.58. The van der Waals surface area contributed by atoms with Gasteiger partial charge in [0.1, 0.15) is 12.1 Å². The molecule has 134 valence electrons. The molecule has 3 amide bonds. The van der Waals surface area contributed by atoms with Gasteiger partial charge in [-0.05, 0) is 38.1 Å². The third-order valence-electron chi connectivity index (χ3n) is 3.52. The second kappa shape index (κ2) is 8.76. The molecular weight excluding hydrogens is 327 g/mol. The summed E-state index contributed by atoms with van der Waals surface area (Å²) in [6.07, 6.45) is 1.61. The Morgan fingerprint density at radius 3 is 2.56 bits per heavy atom. The maximum Gasteiger partial charge on any atom is 0.315 e. The van der Waals surface area contributed by atoms with Gasteiger partial charge in [-0.25, -0.2) is 9.18 Å². The highest BCUT2D eigenvalue weighted by Gasteiger charge is 2.14. The topological polar surface area (TPSA) is 101 Å². The number of carbonyl (C=O) groups is 2. The average molecular weight is 348 g/mol. The molecule has 0 aliphatic carbocycles. The normalized spacial score (nSPS) is 11.6. The van der Waals surface area contributed by atoms with E-state index in [2.05, 4.69) is 26.1 Å². The first-order chi connectivity index (χ1) is 12.0. The minimum absolute atomic E-state index is 0.253. The SMILES string of the molecule is CCn1cnnc1C(C)NC(=O)NCCNC(=O)c1ccc(F)cc1. The molecule has 1 aromatic heterocycles. The first-order valence-corrected chi connectivity index (χ1v) is 7.97. The predicted molar refractivity (Wildman–Crippen MR) is 89.4 cm³/mol. The molecule has 2 aromatic rings. The fourth-order valence-electron chi connectivity index (χ4n) is 2.21.